The zero-order chi connectivity index (χ0) is 29.0. The van der Waals surface area contributed by atoms with Crippen LogP contribution in [0, 0.1) is 51.2 Å². The van der Waals surface area contributed by atoms with Crippen LogP contribution in [0.5, 0.6) is 11.5 Å². The van der Waals surface area contributed by atoms with E-state index in [4.69, 9.17) is 0 Å². The molecule has 3 aliphatic carbocycles. The molecule has 2 aromatic rings. The second-order valence-electron chi connectivity index (χ2n) is 8.75. The van der Waals surface area contributed by atoms with Crippen molar-refractivity contribution >= 4 is 16.7 Å². The molecule has 3 aliphatic rings. The molecule has 0 spiro atoms. The lowest BCUT2D eigenvalue weighted by atomic mass is 9.79. The number of halogens is 6. The lowest BCUT2D eigenvalue weighted by Crippen LogP contribution is -2.17. The third-order valence-electron chi connectivity index (χ3n) is 6.63. The fourth-order valence-electron chi connectivity index (χ4n) is 5.34. The van der Waals surface area contributed by atoms with Gasteiger partial charge in [0.2, 0.25) is 0 Å². The van der Waals surface area contributed by atoms with Gasteiger partial charge >= 0.3 is 12.7 Å². The minimum Gasteiger partial charge on any atom is -0.406 e. The Balaban J connectivity index is 1.76. The summed E-state index contributed by atoms with van der Waals surface area (Å²) in [6, 6.07) is 14.1. The van der Waals surface area contributed by atoms with Crippen molar-refractivity contribution in [1.82, 2.24) is 0 Å². The standard InChI is InChI=1S/C28H10F6N4O2/c29-27(30,31)39-15-1-3-17-19-7-20-18-4-2-16(40-28(32,33)34)6-22(18)26(14(11-37)12-38)24(20)8-23(19)25(21(17)5-15)13(9-35)10-36/h1-8,19,23H. The molecule has 0 saturated carbocycles. The maximum Gasteiger partial charge on any atom is 0.573 e. The van der Waals surface area contributed by atoms with E-state index in [-0.39, 0.29) is 27.8 Å². The molecular formula is C28H10F6N4O2. The second-order valence-corrected chi connectivity index (χ2v) is 8.75. The molecular weight excluding hydrogens is 538 g/mol. The smallest absolute Gasteiger partial charge is 0.406 e. The first-order chi connectivity index (χ1) is 18.9. The Bertz CT molecular complexity index is 1750. The van der Waals surface area contributed by atoms with E-state index in [1.54, 1.807) is 36.4 Å². The van der Waals surface area contributed by atoms with Gasteiger partial charge in [-0.15, -0.1) is 26.3 Å². The van der Waals surface area contributed by atoms with Crippen molar-refractivity contribution in [1.29, 1.82) is 21.0 Å². The number of hydrogen-bond donors (Lipinski definition) is 0. The molecule has 0 aromatic heterocycles. The van der Waals surface area contributed by atoms with Crippen molar-refractivity contribution in [3.05, 3.63) is 87.5 Å². The van der Waals surface area contributed by atoms with Crippen LogP contribution >= 0.6 is 0 Å². The lowest BCUT2D eigenvalue weighted by molar-refractivity contribution is -0.275. The monoisotopic (exact) mass is 548 g/mol. The maximum absolute atomic E-state index is 12.9. The average Bonchev–Trinajstić information content (AvgIpc) is 3.34. The molecule has 0 radical (unpaired) electrons. The number of benzene rings is 2. The van der Waals surface area contributed by atoms with Gasteiger partial charge in [-0.25, -0.2) is 0 Å². The fraction of sp³-hybridized carbons (Fsp3) is 0.143. The van der Waals surface area contributed by atoms with Gasteiger partial charge in [-0.1, -0.05) is 24.3 Å². The number of hydrogen-bond acceptors (Lipinski definition) is 6. The van der Waals surface area contributed by atoms with Gasteiger partial charge in [0.25, 0.3) is 0 Å². The Morgan fingerprint density at radius 1 is 0.625 bits per heavy atom. The summed E-state index contributed by atoms with van der Waals surface area (Å²) in [4.78, 5) is 0. The quantitative estimate of drug-likeness (QED) is 0.300. The van der Waals surface area contributed by atoms with Gasteiger partial charge in [0.15, 0.2) is 0 Å². The fourth-order valence-corrected chi connectivity index (χ4v) is 5.34. The van der Waals surface area contributed by atoms with E-state index in [0.29, 0.717) is 22.3 Å². The molecule has 2 aromatic carbocycles. The number of fused-ring (bicyclic) bond motifs is 6. The van der Waals surface area contributed by atoms with Crippen LogP contribution in [0.3, 0.4) is 0 Å². The van der Waals surface area contributed by atoms with Crippen LogP contribution in [-0.2, 0) is 0 Å². The molecule has 2 atom stereocenters. The molecule has 12 heteroatoms. The van der Waals surface area contributed by atoms with Gasteiger partial charge in [-0.2, -0.15) is 21.0 Å². The van der Waals surface area contributed by atoms with E-state index in [9.17, 15) is 47.4 Å². The predicted molar refractivity (Wildman–Crippen MR) is 125 cm³/mol. The van der Waals surface area contributed by atoms with E-state index in [0.717, 1.165) is 24.3 Å². The predicted octanol–water partition coefficient (Wildman–Crippen LogP) is 6.84. The first-order valence-corrected chi connectivity index (χ1v) is 11.2. The number of nitriles is 4. The first-order valence-electron chi connectivity index (χ1n) is 11.2. The van der Waals surface area contributed by atoms with Gasteiger partial charge in [0, 0.05) is 17.4 Å². The second kappa shape index (κ2) is 9.08. The number of ether oxygens (including phenoxy) is 2. The van der Waals surface area contributed by atoms with Crippen LogP contribution in [0.2, 0.25) is 0 Å². The highest BCUT2D eigenvalue weighted by molar-refractivity contribution is 6.12. The third-order valence-corrected chi connectivity index (χ3v) is 6.63. The minimum atomic E-state index is -4.99. The third kappa shape index (κ3) is 4.32. The molecule has 2 unspecified atom stereocenters. The van der Waals surface area contributed by atoms with Crippen molar-refractivity contribution < 1.29 is 35.8 Å². The van der Waals surface area contributed by atoms with Crippen molar-refractivity contribution in [2.24, 2.45) is 5.92 Å². The van der Waals surface area contributed by atoms with Crippen LogP contribution in [0.25, 0.3) is 16.7 Å². The summed E-state index contributed by atoms with van der Waals surface area (Å²) in [6.07, 6.45) is -6.70. The zero-order valence-corrected chi connectivity index (χ0v) is 19.6. The molecule has 0 heterocycles. The SMILES string of the molecule is N#CC(C#N)=C1C2=CC3C(=C(C#N)C#N)c4cc(OC(F)(F)F)ccc4C3C=C2c2ccc(OC(F)(F)F)cc21. The summed E-state index contributed by atoms with van der Waals surface area (Å²) >= 11 is 0. The topological polar surface area (TPSA) is 114 Å². The Morgan fingerprint density at radius 3 is 1.70 bits per heavy atom. The van der Waals surface area contributed by atoms with Crippen LogP contribution in [0.15, 0.2) is 65.3 Å². The molecule has 196 valence electrons. The largest absolute Gasteiger partial charge is 0.573 e. The molecule has 0 N–H and O–H groups in total. The van der Waals surface area contributed by atoms with E-state index in [2.05, 4.69) is 9.47 Å². The van der Waals surface area contributed by atoms with Crippen LogP contribution in [-0.4, -0.2) is 12.7 Å². The van der Waals surface area contributed by atoms with Gasteiger partial charge < -0.3 is 9.47 Å². The van der Waals surface area contributed by atoms with Crippen LogP contribution < -0.4 is 9.47 Å². The Kier molecular flexibility index (Phi) is 5.94. The molecule has 0 fully saturated rings. The number of alkyl halides is 6. The molecule has 0 amide bonds. The number of allylic oxidation sites excluding steroid dienone is 8. The van der Waals surface area contributed by atoms with Crippen LogP contribution in [0.1, 0.15) is 28.2 Å². The summed E-state index contributed by atoms with van der Waals surface area (Å²) in [5, 5.41) is 38.6. The normalized spacial score (nSPS) is 18.4. The highest BCUT2D eigenvalue weighted by Gasteiger charge is 2.43. The number of nitrogens with zero attached hydrogens (tertiary/aromatic N) is 4. The average molecular weight is 548 g/mol. The van der Waals surface area contributed by atoms with Gasteiger partial charge in [-0.3, -0.25) is 0 Å². The van der Waals surface area contributed by atoms with E-state index in [1.165, 1.54) is 12.1 Å². The van der Waals surface area contributed by atoms with Gasteiger partial charge in [0.1, 0.15) is 46.9 Å². The Hall–Kier alpha value is -5.46. The highest BCUT2D eigenvalue weighted by Crippen LogP contribution is 2.58. The number of rotatable bonds is 2. The van der Waals surface area contributed by atoms with E-state index >= 15 is 0 Å². The van der Waals surface area contributed by atoms with E-state index < -0.39 is 41.6 Å². The van der Waals surface area contributed by atoms with Gasteiger partial charge in [-0.05, 0) is 63.2 Å². The first kappa shape index (κ1) is 26.2. The van der Waals surface area contributed by atoms with Gasteiger partial charge in [0.05, 0.1) is 0 Å². The summed E-state index contributed by atoms with van der Waals surface area (Å²) in [6.45, 7) is 0. The molecule has 5 rings (SSSR count). The summed E-state index contributed by atoms with van der Waals surface area (Å²) in [7, 11) is 0. The Morgan fingerprint density at radius 2 is 1.15 bits per heavy atom. The van der Waals surface area contributed by atoms with Crippen molar-refractivity contribution in [2.75, 3.05) is 0 Å². The minimum absolute atomic E-state index is 0.0317. The van der Waals surface area contributed by atoms with Crippen molar-refractivity contribution in [2.45, 2.75) is 18.6 Å². The summed E-state index contributed by atoms with van der Waals surface area (Å²) in [5.74, 6) is -2.50. The molecule has 40 heavy (non-hydrogen) atoms. The zero-order valence-electron chi connectivity index (χ0n) is 19.6. The van der Waals surface area contributed by atoms with E-state index in [1.807, 2.05) is 0 Å². The maximum atomic E-state index is 12.9. The molecule has 0 bridgehead atoms. The lowest BCUT2D eigenvalue weighted by Gasteiger charge is -2.23. The summed E-state index contributed by atoms with van der Waals surface area (Å²) < 4.78 is 85.4. The van der Waals surface area contributed by atoms with Crippen molar-refractivity contribution in [3.8, 4) is 35.8 Å². The van der Waals surface area contributed by atoms with Crippen molar-refractivity contribution in [3.63, 3.8) is 0 Å². The summed E-state index contributed by atoms with van der Waals surface area (Å²) in [5.41, 5.74) is 1.34. The van der Waals surface area contributed by atoms with Crippen LogP contribution in [0.4, 0.5) is 26.3 Å². The highest BCUT2D eigenvalue weighted by atomic mass is 19.4. The molecule has 0 saturated heterocycles. The Labute approximate surface area is 221 Å². The molecule has 0 aliphatic heterocycles. The molecule has 6 nitrogen and oxygen atoms in total.